The molecule has 0 bridgehead atoms. The molecule has 4 nitrogen and oxygen atoms in total. The molecule has 1 heterocycles. The Morgan fingerprint density at radius 1 is 1.65 bits per heavy atom. The number of amides is 2. The smallest absolute Gasteiger partial charge is 0.318 e. The summed E-state index contributed by atoms with van der Waals surface area (Å²) in [5.74, 6) is -0.418. The maximum absolute atomic E-state index is 13.6. The van der Waals surface area contributed by atoms with Crippen molar-refractivity contribution in [1.29, 1.82) is 5.26 Å². The molecule has 2 rings (SSSR count). The average Bonchev–Trinajstić information content (AvgIpc) is 2.64. The molecule has 1 atom stereocenters. The number of urea groups is 1. The van der Waals surface area contributed by atoms with Crippen molar-refractivity contribution in [3.05, 3.63) is 34.6 Å². The number of benzene rings is 1. The molecule has 1 N–H and O–H groups in total. The summed E-state index contributed by atoms with van der Waals surface area (Å²) in [6.45, 7) is 0.258. The molecule has 1 fully saturated rings. The molecule has 17 heavy (non-hydrogen) atoms. The highest BCUT2D eigenvalue weighted by atomic mass is 35.5. The summed E-state index contributed by atoms with van der Waals surface area (Å²) in [4.78, 5) is 12.8. The summed E-state index contributed by atoms with van der Waals surface area (Å²) in [6.07, 6.45) is 0. The van der Waals surface area contributed by atoms with E-state index in [1.54, 1.807) is 0 Å². The first-order valence-electron chi connectivity index (χ1n) is 4.99. The quantitative estimate of drug-likeness (QED) is 0.821. The number of nitrogens with zero attached hydrogens (tertiary/aromatic N) is 2. The molecular formula is C11H9ClFN3O. The van der Waals surface area contributed by atoms with Crippen molar-refractivity contribution in [2.45, 2.75) is 6.04 Å². The molecule has 1 aromatic carbocycles. The van der Waals surface area contributed by atoms with E-state index in [1.807, 2.05) is 6.07 Å². The number of nitrogens with one attached hydrogen (secondary N) is 1. The van der Waals surface area contributed by atoms with Crippen molar-refractivity contribution in [3.8, 4) is 6.07 Å². The van der Waals surface area contributed by atoms with Gasteiger partial charge in [-0.1, -0.05) is 11.6 Å². The zero-order valence-electron chi connectivity index (χ0n) is 8.78. The molecule has 2 amide bonds. The number of hydrogen-bond acceptors (Lipinski definition) is 2. The van der Waals surface area contributed by atoms with Crippen molar-refractivity contribution >= 4 is 17.6 Å². The Balaban J connectivity index is 2.23. The van der Waals surface area contributed by atoms with Gasteiger partial charge in [-0.3, -0.25) is 0 Å². The van der Waals surface area contributed by atoms with Crippen LogP contribution in [0.4, 0.5) is 9.18 Å². The number of carbonyl (C=O) groups is 1. The van der Waals surface area contributed by atoms with Gasteiger partial charge in [-0.15, -0.1) is 0 Å². The fourth-order valence-electron chi connectivity index (χ4n) is 1.77. The monoisotopic (exact) mass is 253 g/mol. The van der Waals surface area contributed by atoms with Gasteiger partial charge in [-0.2, -0.15) is 5.26 Å². The highest BCUT2D eigenvalue weighted by molar-refractivity contribution is 6.30. The van der Waals surface area contributed by atoms with E-state index >= 15 is 0 Å². The number of nitriles is 1. The second-order valence-electron chi connectivity index (χ2n) is 3.71. The fourth-order valence-corrected chi connectivity index (χ4v) is 1.95. The molecule has 1 saturated heterocycles. The summed E-state index contributed by atoms with van der Waals surface area (Å²) in [5, 5.41) is 11.6. The van der Waals surface area contributed by atoms with E-state index in [-0.39, 0.29) is 19.1 Å². The van der Waals surface area contributed by atoms with E-state index in [9.17, 15) is 9.18 Å². The van der Waals surface area contributed by atoms with Crippen LogP contribution < -0.4 is 5.32 Å². The fraction of sp³-hybridized carbons (Fsp3) is 0.273. The van der Waals surface area contributed by atoms with E-state index < -0.39 is 11.9 Å². The van der Waals surface area contributed by atoms with Crippen LogP contribution in [0, 0.1) is 17.1 Å². The third-order valence-electron chi connectivity index (χ3n) is 2.58. The third kappa shape index (κ3) is 2.32. The van der Waals surface area contributed by atoms with Gasteiger partial charge in [0.25, 0.3) is 0 Å². The molecule has 1 aliphatic rings. The molecular weight excluding hydrogens is 245 g/mol. The van der Waals surface area contributed by atoms with Crippen molar-refractivity contribution in [2.75, 3.05) is 13.1 Å². The van der Waals surface area contributed by atoms with Crippen LogP contribution in [-0.4, -0.2) is 24.0 Å². The van der Waals surface area contributed by atoms with Gasteiger partial charge in [0, 0.05) is 17.1 Å². The Morgan fingerprint density at radius 3 is 3.12 bits per heavy atom. The highest BCUT2D eigenvalue weighted by Crippen LogP contribution is 2.25. The van der Waals surface area contributed by atoms with Gasteiger partial charge in [-0.05, 0) is 18.2 Å². The predicted octanol–water partition coefficient (Wildman–Crippen LogP) is 2.07. The van der Waals surface area contributed by atoms with E-state index in [4.69, 9.17) is 16.9 Å². The summed E-state index contributed by atoms with van der Waals surface area (Å²) < 4.78 is 13.6. The average molecular weight is 254 g/mol. The molecule has 0 aliphatic carbocycles. The molecule has 0 spiro atoms. The van der Waals surface area contributed by atoms with E-state index in [0.29, 0.717) is 10.6 Å². The van der Waals surface area contributed by atoms with Crippen LogP contribution in [0.1, 0.15) is 11.6 Å². The first-order chi connectivity index (χ1) is 8.11. The summed E-state index contributed by atoms with van der Waals surface area (Å²) in [7, 11) is 0. The summed E-state index contributed by atoms with van der Waals surface area (Å²) >= 11 is 5.78. The van der Waals surface area contributed by atoms with Gasteiger partial charge in [-0.25, -0.2) is 9.18 Å². The molecule has 0 saturated carbocycles. The molecule has 0 aromatic heterocycles. The van der Waals surface area contributed by atoms with Gasteiger partial charge < -0.3 is 10.2 Å². The molecule has 88 valence electrons. The van der Waals surface area contributed by atoms with Gasteiger partial charge in [0.15, 0.2) is 0 Å². The third-order valence-corrected chi connectivity index (χ3v) is 2.82. The molecule has 1 aromatic rings. The lowest BCUT2D eigenvalue weighted by Crippen LogP contribution is -2.28. The molecule has 1 aliphatic heterocycles. The zero-order valence-corrected chi connectivity index (χ0v) is 9.54. The summed E-state index contributed by atoms with van der Waals surface area (Å²) in [6, 6.07) is 5.25. The van der Waals surface area contributed by atoms with Crippen molar-refractivity contribution in [1.82, 2.24) is 10.2 Å². The van der Waals surface area contributed by atoms with Crippen molar-refractivity contribution in [3.63, 3.8) is 0 Å². The predicted molar refractivity (Wildman–Crippen MR) is 59.9 cm³/mol. The van der Waals surface area contributed by atoms with Crippen LogP contribution >= 0.6 is 11.6 Å². The van der Waals surface area contributed by atoms with E-state index in [0.717, 1.165) is 0 Å². The lowest BCUT2D eigenvalue weighted by atomic mass is 10.1. The SMILES string of the molecule is N#CCN1CC(c2cc(Cl)ccc2F)NC1=O. The number of hydrogen-bond donors (Lipinski definition) is 1. The van der Waals surface area contributed by atoms with Gasteiger partial charge in [0.2, 0.25) is 0 Å². The van der Waals surface area contributed by atoms with Crippen molar-refractivity contribution < 1.29 is 9.18 Å². The largest absolute Gasteiger partial charge is 0.329 e. The number of halogens is 2. The Kier molecular flexibility index (Phi) is 3.16. The van der Waals surface area contributed by atoms with Crippen molar-refractivity contribution in [2.24, 2.45) is 0 Å². The second-order valence-corrected chi connectivity index (χ2v) is 4.14. The lowest BCUT2D eigenvalue weighted by molar-refractivity contribution is 0.222. The van der Waals surface area contributed by atoms with Crippen LogP contribution in [0.3, 0.4) is 0 Å². The minimum Gasteiger partial charge on any atom is -0.329 e. The molecule has 6 heteroatoms. The maximum Gasteiger partial charge on any atom is 0.318 e. The maximum atomic E-state index is 13.6. The van der Waals surface area contributed by atoms with Crippen LogP contribution in [0.2, 0.25) is 5.02 Å². The van der Waals surface area contributed by atoms with Gasteiger partial charge >= 0.3 is 6.03 Å². The zero-order chi connectivity index (χ0) is 12.4. The Hall–Kier alpha value is -1.80. The Morgan fingerprint density at radius 2 is 2.41 bits per heavy atom. The topological polar surface area (TPSA) is 56.1 Å². The van der Waals surface area contributed by atoms with Gasteiger partial charge in [0.1, 0.15) is 12.4 Å². The van der Waals surface area contributed by atoms with Crippen LogP contribution in [0.15, 0.2) is 18.2 Å². The van der Waals surface area contributed by atoms with Crippen LogP contribution in [0.5, 0.6) is 0 Å². The minimum atomic E-state index is -0.463. The normalized spacial score (nSPS) is 19.0. The first-order valence-corrected chi connectivity index (χ1v) is 5.37. The molecule has 0 radical (unpaired) electrons. The lowest BCUT2D eigenvalue weighted by Gasteiger charge is -2.11. The molecule has 1 unspecified atom stereocenters. The van der Waals surface area contributed by atoms with E-state index in [1.165, 1.54) is 23.1 Å². The Bertz CT molecular complexity index is 500. The summed E-state index contributed by atoms with van der Waals surface area (Å²) in [5.41, 5.74) is 0.339. The van der Waals surface area contributed by atoms with E-state index in [2.05, 4.69) is 5.32 Å². The highest BCUT2D eigenvalue weighted by Gasteiger charge is 2.31. The van der Waals surface area contributed by atoms with Crippen LogP contribution in [-0.2, 0) is 0 Å². The number of carbonyl (C=O) groups excluding carboxylic acids is 1. The first kappa shape index (κ1) is 11.7. The van der Waals surface area contributed by atoms with Gasteiger partial charge in [0.05, 0.1) is 12.1 Å². The minimum absolute atomic E-state index is 0.00941. The number of rotatable bonds is 2. The van der Waals surface area contributed by atoms with Crippen LogP contribution in [0.25, 0.3) is 0 Å². The standard InChI is InChI=1S/C11H9ClFN3O/c12-7-1-2-9(13)8(5-7)10-6-16(4-3-14)11(17)15-10/h1-2,5,10H,4,6H2,(H,15,17). The second kappa shape index (κ2) is 4.60. The Labute approximate surface area is 103 Å².